The number of allylic oxidation sites excluding steroid dienone is 4. The molecular formula is C18H17Cl2F3O. The van der Waals surface area contributed by atoms with Gasteiger partial charge in [0.1, 0.15) is 15.9 Å². The monoisotopic (exact) mass is 376 g/mol. The second kappa shape index (κ2) is 7.24. The molecule has 1 nitrogen and oxygen atoms in total. The van der Waals surface area contributed by atoms with Crippen LogP contribution in [0.2, 0.25) is 0 Å². The number of methoxy groups -OCH3 is 1. The van der Waals surface area contributed by atoms with E-state index in [1.165, 1.54) is 19.2 Å². The highest BCUT2D eigenvalue weighted by molar-refractivity contribution is 6.52. The zero-order chi connectivity index (χ0) is 18.1. The fourth-order valence-electron chi connectivity index (χ4n) is 2.72. The molecule has 1 saturated carbocycles. The van der Waals surface area contributed by atoms with Crippen LogP contribution < -0.4 is 0 Å². The van der Waals surface area contributed by atoms with Crippen molar-refractivity contribution in [3.05, 3.63) is 71.3 Å². The molecular weight excluding hydrogens is 360 g/mol. The van der Waals surface area contributed by atoms with Crippen molar-refractivity contribution in [2.75, 3.05) is 7.11 Å². The molecule has 130 valence electrons. The van der Waals surface area contributed by atoms with Crippen LogP contribution >= 0.6 is 23.2 Å². The third kappa shape index (κ3) is 3.81. The lowest BCUT2D eigenvalue weighted by Gasteiger charge is -2.06. The van der Waals surface area contributed by atoms with E-state index >= 15 is 0 Å². The van der Waals surface area contributed by atoms with Gasteiger partial charge in [-0.2, -0.15) is 0 Å². The van der Waals surface area contributed by atoms with Crippen LogP contribution in [0.25, 0.3) is 0 Å². The first kappa shape index (κ1) is 18.9. The summed E-state index contributed by atoms with van der Waals surface area (Å²) in [5, 5.41) is 0. The van der Waals surface area contributed by atoms with Crippen LogP contribution in [0.5, 0.6) is 0 Å². The van der Waals surface area contributed by atoms with Gasteiger partial charge in [-0.25, -0.2) is 13.2 Å². The molecule has 1 aromatic carbocycles. The number of rotatable bonds is 6. The van der Waals surface area contributed by atoms with E-state index < -0.39 is 28.1 Å². The maximum absolute atomic E-state index is 13.6. The molecule has 2 unspecified atom stereocenters. The van der Waals surface area contributed by atoms with Gasteiger partial charge in [0.05, 0.1) is 7.11 Å². The number of benzene rings is 1. The summed E-state index contributed by atoms with van der Waals surface area (Å²) in [7, 11) is 1.54. The van der Waals surface area contributed by atoms with Crippen LogP contribution in [-0.2, 0) is 4.74 Å². The van der Waals surface area contributed by atoms with Crippen LogP contribution in [0.15, 0.2) is 54.3 Å². The van der Waals surface area contributed by atoms with E-state index in [9.17, 15) is 13.2 Å². The number of hydrogen-bond donors (Lipinski definition) is 0. The second-order valence-corrected chi connectivity index (χ2v) is 7.00. The molecule has 0 N–H and O–H groups in total. The minimum atomic E-state index is -2.77. The highest BCUT2D eigenvalue weighted by Crippen LogP contribution is 2.67. The van der Waals surface area contributed by atoms with Gasteiger partial charge in [0.15, 0.2) is 0 Å². The van der Waals surface area contributed by atoms with Crippen molar-refractivity contribution in [1.82, 2.24) is 0 Å². The molecule has 2 rings (SSSR count). The van der Waals surface area contributed by atoms with Gasteiger partial charge in [-0.05, 0) is 48.4 Å². The molecule has 6 heteroatoms. The highest BCUT2D eigenvalue weighted by atomic mass is 35.5. The number of halogens is 5. The third-order valence-corrected chi connectivity index (χ3v) is 4.93. The summed E-state index contributed by atoms with van der Waals surface area (Å²) in [6, 6.07) is 3.22. The topological polar surface area (TPSA) is 9.23 Å². The molecule has 0 amide bonds. The summed E-state index contributed by atoms with van der Waals surface area (Å²) in [4.78, 5) is 0. The lowest BCUT2D eigenvalue weighted by atomic mass is 10.0. The molecule has 1 aliphatic carbocycles. The lowest BCUT2D eigenvalue weighted by Crippen LogP contribution is -1.94. The molecule has 0 saturated heterocycles. The Morgan fingerprint density at radius 2 is 1.96 bits per heavy atom. The first-order valence-corrected chi connectivity index (χ1v) is 8.01. The minimum absolute atomic E-state index is 0.341. The van der Waals surface area contributed by atoms with Crippen molar-refractivity contribution in [3.8, 4) is 0 Å². The Hall–Kier alpha value is -1.39. The van der Waals surface area contributed by atoms with Gasteiger partial charge in [-0.3, -0.25) is 0 Å². The molecule has 2 atom stereocenters. The zero-order valence-corrected chi connectivity index (χ0v) is 14.7. The van der Waals surface area contributed by atoms with Gasteiger partial charge < -0.3 is 4.74 Å². The fourth-order valence-corrected chi connectivity index (χ4v) is 3.63. The number of alkyl halides is 4. The molecule has 0 heterocycles. The van der Waals surface area contributed by atoms with Gasteiger partial charge in [0.25, 0.3) is 6.43 Å². The molecule has 0 spiro atoms. The number of hydrogen-bond acceptors (Lipinski definition) is 1. The molecule has 0 aliphatic heterocycles. The van der Waals surface area contributed by atoms with Gasteiger partial charge in [-0.1, -0.05) is 12.7 Å². The first-order chi connectivity index (χ1) is 11.2. The highest BCUT2D eigenvalue weighted by Gasteiger charge is 2.64. The SMILES string of the molecule is C=C(/C=C\C(=C/C)OC)C1C(c2cc(F)cc(C(F)F)c2)C1(Cl)Cl. The Labute approximate surface area is 149 Å². The molecule has 0 radical (unpaired) electrons. The predicted octanol–water partition coefficient (Wildman–Crippen LogP) is 6.31. The molecule has 1 fully saturated rings. The average molecular weight is 377 g/mol. The summed E-state index contributed by atoms with van der Waals surface area (Å²) >= 11 is 12.6. The fraction of sp³-hybridized carbons (Fsp3) is 0.333. The summed E-state index contributed by atoms with van der Waals surface area (Å²) in [6.07, 6.45) is 2.41. The summed E-state index contributed by atoms with van der Waals surface area (Å²) in [5.41, 5.74) is 0.564. The van der Waals surface area contributed by atoms with Crippen molar-refractivity contribution in [1.29, 1.82) is 0 Å². The standard InChI is InChI=1S/C18H17Cl2F3O/c1-4-14(24-3)6-5-10(2)15-16(18(15,19)20)11-7-12(17(22)23)9-13(21)8-11/h4-9,15-17H,2H2,1,3H3/b6-5-,14-4+. The summed E-state index contributed by atoms with van der Waals surface area (Å²) in [5.74, 6) is -0.995. The van der Waals surface area contributed by atoms with E-state index in [2.05, 4.69) is 6.58 Å². The van der Waals surface area contributed by atoms with Gasteiger partial charge >= 0.3 is 0 Å². The summed E-state index contributed by atoms with van der Waals surface area (Å²) in [6.45, 7) is 5.75. The smallest absolute Gasteiger partial charge is 0.263 e. The van der Waals surface area contributed by atoms with Crippen LogP contribution in [-0.4, -0.2) is 11.4 Å². The molecule has 24 heavy (non-hydrogen) atoms. The number of ether oxygens (including phenoxy) is 1. The normalized spacial score (nSPS) is 22.9. The van der Waals surface area contributed by atoms with E-state index in [0.717, 1.165) is 6.07 Å². The van der Waals surface area contributed by atoms with Crippen molar-refractivity contribution in [2.24, 2.45) is 5.92 Å². The molecule has 0 bridgehead atoms. The Bertz CT molecular complexity index is 696. The van der Waals surface area contributed by atoms with Crippen LogP contribution in [0.4, 0.5) is 13.2 Å². The van der Waals surface area contributed by atoms with Gasteiger partial charge in [-0.15, -0.1) is 23.2 Å². The third-order valence-electron chi connectivity index (χ3n) is 3.99. The van der Waals surface area contributed by atoms with Crippen LogP contribution in [0.3, 0.4) is 0 Å². The quantitative estimate of drug-likeness (QED) is 0.321. The largest absolute Gasteiger partial charge is 0.497 e. The molecule has 0 aromatic heterocycles. The summed E-state index contributed by atoms with van der Waals surface area (Å²) < 4.78 is 43.2. The van der Waals surface area contributed by atoms with Gasteiger partial charge in [0.2, 0.25) is 0 Å². The maximum atomic E-state index is 13.6. The van der Waals surface area contributed by atoms with Crippen LogP contribution in [0, 0.1) is 11.7 Å². The van der Waals surface area contributed by atoms with Crippen molar-refractivity contribution in [3.63, 3.8) is 0 Å². The Kier molecular flexibility index (Phi) is 5.71. The molecule has 1 aromatic rings. The van der Waals surface area contributed by atoms with E-state index in [1.54, 1.807) is 18.2 Å². The van der Waals surface area contributed by atoms with Crippen LogP contribution in [0.1, 0.15) is 30.4 Å². The van der Waals surface area contributed by atoms with E-state index in [4.69, 9.17) is 27.9 Å². The van der Waals surface area contributed by atoms with Crippen molar-refractivity contribution >= 4 is 23.2 Å². The average Bonchev–Trinajstić information content (AvgIpc) is 3.10. The maximum Gasteiger partial charge on any atom is 0.263 e. The second-order valence-electron chi connectivity index (χ2n) is 5.55. The van der Waals surface area contributed by atoms with E-state index in [0.29, 0.717) is 16.9 Å². The van der Waals surface area contributed by atoms with E-state index in [-0.39, 0.29) is 5.92 Å². The lowest BCUT2D eigenvalue weighted by molar-refractivity contribution is 0.151. The van der Waals surface area contributed by atoms with Gasteiger partial charge in [0, 0.05) is 17.4 Å². The van der Waals surface area contributed by atoms with Crippen molar-refractivity contribution < 1.29 is 17.9 Å². The first-order valence-electron chi connectivity index (χ1n) is 7.25. The zero-order valence-electron chi connectivity index (χ0n) is 13.2. The Morgan fingerprint density at radius 3 is 2.50 bits per heavy atom. The Morgan fingerprint density at radius 1 is 1.29 bits per heavy atom. The van der Waals surface area contributed by atoms with Crippen molar-refractivity contribution in [2.45, 2.75) is 23.6 Å². The van der Waals surface area contributed by atoms with E-state index in [1.807, 2.05) is 6.92 Å². The predicted molar refractivity (Wildman–Crippen MR) is 91.1 cm³/mol. The Balaban J connectivity index is 2.25. The minimum Gasteiger partial charge on any atom is -0.497 e. The molecule has 1 aliphatic rings.